The molecule has 0 atom stereocenters. The molecular weight excluding hydrogens is 499 g/mol. The molecule has 0 aliphatic carbocycles. The number of anilines is 2. The lowest BCUT2D eigenvalue weighted by Crippen LogP contribution is -2.14. The summed E-state index contributed by atoms with van der Waals surface area (Å²) >= 11 is 7.95. The van der Waals surface area contributed by atoms with E-state index in [0.29, 0.717) is 22.0 Å². The molecule has 0 bridgehead atoms. The molecule has 3 aromatic rings. The van der Waals surface area contributed by atoms with Crippen molar-refractivity contribution < 1.29 is 13.2 Å². The van der Waals surface area contributed by atoms with E-state index in [2.05, 4.69) is 32.6 Å². The minimum atomic E-state index is -3.71. The lowest BCUT2D eigenvalue weighted by molar-refractivity contribution is 0.102. The number of hydrogen-bond donors (Lipinski definition) is 2. The lowest BCUT2D eigenvalue weighted by Gasteiger charge is -2.10. The second kappa shape index (κ2) is 8.28. The van der Waals surface area contributed by atoms with Crippen molar-refractivity contribution in [1.29, 1.82) is 0 Å². The SMILES string of the molecule is O=C(Nc1ccc(S(=O)(=O)Nc2ccc(I)cc2)cc1)c1ccc(Cl)cc1. The van der Waals surface area contributed by atoms with Crippen LogP contribution in [0.3, 0.4) is 0 Å². The summed E-state index contributed by atoms with van der Waals surface area (Å²) in [6.07, 6.45) is 0. The minimum absolute atomic E-state index is 0.102. The Kier molecular flexibility index (Phi) is 6.03. The molecule has 0 saturated heterocycles. The zero-order chi connectivity index (χ0) is 19.4. The van der Waals surface area contributed by atoms with E-state index in [4.69, 9.17) is 11.6 Å². The van der Waals surface area contributed by atoms with E-state index < -0.39 is 10.0 Å². The molecule has 0 spiro atoms. The molecular formula is C19H14ClIN2O3S. The normalized spacial score (nSPS) is 11.0. The maximum atomic E-state index is 12.5. The van der Waals surface area contributed by atoms with Gasteiger partial charge in [-0.1, -0.05) is 11.6 Å². The first-order valence-corrected chi connectivity index (χ1v) is 10.7. The van der Waals surface area contributed by atoms with Crippen molar-refractivity contribution in [2.45, 2.75) is 4.90 Å². The van der Waals surface area contributed by atoms with Crippen LogP contribution in [0.2, 0.25) is 5.02 Å². The predicted molar refractivity (Wildman–Crippen MR) is 116 cm³/mol. The summed E-state index contributed by atoms with van der Waals surface area (Å²) < 4.78 is 28.5. The Balaban J connectivity index is 1.71. The third-order valence-electron chi connectivity index (χ3n) is 3.63. The molecule has 3 rings (SSSR count). The van der Waals surface area contributed by atoms with Crippen molar-refractivity contribution in [2.24, 2.45) is 0 Å². The summed E-state index contributed by atoms with van der Waals surface area (Å²) in [6, 6.07) is 19.4. The summed E-state index contributed by atoms with van der Waals surface area (Å²) in [6.45, 7) is 0. The van der Waals surface area contributed by atoms with Gasteiger partial charge in [0.05, 0.1) is 4.90 Å². The van der Waals surface area contributed by atoms with E-state index in [1.54, 1.807) is 36.4 Å². The highest BCUT2D eigenvalue weighted by Gasteiger charge is 2.14. The average Bonchev–Trinajstić information content (AvgIpc) is 2.64. The number of hydrogen-bond acceptors (Lipinski definition) is 3. The standard InChI is InChI=1S/C19H14ClIN2O3S/c20-14-3-1-13(2-4-14)19(24)22-16-9-11-18(12-10-16)27(25,26)23-17-7-5-15(21)6-8-17/h1-12,23H,(H,22,24). The fourth-order valence-electron chi connectivity index (χ4n) is 2.25. The third-order valence-corrected chi connectivity index (χ3v) is 5.99. The maximum Gasteiger partial charge on any atom is 0.261 e. The molecule has 0 aliphatic rings. The van der Waals surface area contributed by atoms with Crippen molar-refractivity contribution in [1.82, 2.24) is 0 Å². The number of sulfonamides is 1. The Bertz CT molecular complexity index is 1050. The van der Waals surface area contributed by atoms with Gasteiger partial charge in [-0.05, 0) is 95.4 Å². The number of rotatable bonds is 5. The molecule has 0 fully saturated rings. The second-order valence-corrected chi connectivity index (χ2v) is 8.96. The first kappa shape index (κ1) is 19.7. The molecule has 1 amide bonds. The van der Waals surface area contributed by atoms with E-state index >= 15 is 0 Å². The Labute approximate surface area is 175 Å². The highest BCUT2D eigenvalue weighted by atomic mass is 127. The Morgan fingerprint density at radius 2 is 1.37 bits per heavy atom. The smallest absolute Gasteiger partial charge is 0.261 e. The van der Waals surface area contributed by atoms with Crippen LogP contribution in [0, 0.1) is 3.57 Å². The molecule has 0 saturated carbocycles. The Hall–Kier alpha value is -2.10. The van der Waals surface area contributed by atoms with Gasteiger partial charge < -0.3 is 5.32 Å². The minimum Gasteiger partial charge on any atom is -0.322 e. The van der Waals surface area contributed by atoms with Crippen molar-refractivity contribution in [2.75, 3.05) is 10.0 Å². The van der Waals surface area contributed by atoms with Crippen LogP contribution in [0.4, 0.5) is 11.4 Å². The highest BCUT2D eigenvalue weighted by Crippen LogP contribution is 2.20. The largest absolute Gasteiger partial charge is 0.322 e. The van der Waals surface area contributed by atoms with Crippen molar-refractivity contribution in [3.8, 4) is 0 Å². The van der Waals surface area contributed by atoms with Crippen LogP contribution >= 0.6 is 34.2 Å². The number of nitrogens with one attached hydrogen (secondary N) is 2. The average molecular weight is 513 g/mol. The Morgan fingerprint density at radius 3 is 1.96 bits per heavy atom. The highest BCUT2D eigenvalue weighted by molar-refractivity contribution is 14.1. The quantitative estimate of drug-likeness (QED) is 0.473. The maximum absolute atomic E-state index is 12.5. The zero-order valence-electron chi connectivity index (χ0n) is 13.8. The molecule has 3 aromatic carbocycles. The van der Waals surface area contributed by atoms with Crippen LogP contribution in [0.5, 0.6) is 0 Å². The molecule has 0 aromatic heterocycles. The third kappa shape index (κ3) is 5.21. The van der Waals surface area contributed by atoms with Gasteiger partial charge in [-0.3, -0.25) is 9.52 Å². The molecule has 0 heterocycles. The number of carbonyl (C=O) groups is 1. The summed E-state index contributed by atoms with van der Waals surface area (Å²) in [4.78, 5) is 12.3. The number of halogens is 2. The van der Waals surface area contributed by atoms with E-state index in [1.807, 2.05) is 12.1 Å². The van der Waals surface area contributed by atoms with Crippen LogP contribution in [0.15, 0.2) is 77.7 Å². The fourth-order valence-corrected chi connectivity index (χ4v) is 3.80. The first-order chi connectivity index (χ1) is 12.8. The molecule has 2 N–H and O–H groups in total. The zero-order valence-corrected chi connectivity index (χ0v) is 17.5. The van der Waals surface area contributed by atoms with E-state index in [1.165, 1.54) is 24.3 Å². The summed E-state index contributed by atoms with van der Waals surface area (Å²) in [5.41, 5.74) is 1.43. The molecule has 0 radical (unpaired) electrons. The van der Waals surface area contributed by atoms with Gasteiger partial charge in [0, 0.05) is 25.5 Å². The first-order valence-electron chi connectivity index (χ1n) is 7.79. The van der Waals surface area contributed by atoms with Gasteiger partial charge in [0.2, 0.25) is 0 Å². The van der Waals surface area contributed by atoms with E-state index in [0.717, 1.165) is 3.57 Å². The summed E-state index contributed by atoms with van der Waals surface area (Å²) in [7, 11) is -3.71. The van der Waals surface area contributed by atoms with Gasteiger partial charge in [-0.15, -0.1) is 0 Å². The van der Waals surface area contributed by atoms with E-state index in [-0.39, 0.29) is 10.8 Å². The van der Waals surface area contributed by atoms with Crippen LogP contribution in [0.1, 0.15) is 10.4 Å². The van der Waals surface area contributed by atoms with Crippen molar-refractivity contribution in [3.05, 3.63) is 87.0 Å². The van der Waals surface area contributed by atoms with Crippen molar-refractivity contribution in [3.63, 3.8) is 0 Å². The molecule has 0 aliphatic heterocycles. The van der Waals surface area contributed by atoms with Crippen LogP contribution < -0.4 is 10.0 Å². The monoisotopic (exact) mass is 512 g/mol. The topological polar surface area (TPSA) is 75.3 Å². The molecule has 27 heavy (non-hydrogen) atoms. The number of carbonyl (C=O) groups excluding carboxylic acids is 1. The second-order valence-electron chi connectivity index (χ2n) is 5.60. The van der Waals surface area contributed by atoms with Gasteiger partial charge in [-0.2, -0.15) is 0 Å². The number of amides is 1. The Morgan fingerprint density at radius 1 is 0.815 bits per heavy atom. The molecule has 5 nitrogen and oxygen atoms in total. The van der Waals surface area contributed by atoms with Crippen LogP contribution in [-0.2, 0) is 10.0 Å². The van der Waals surface area contributed by atoms with Gasteiger partial charge in [-0.25, -0.2) is 8.42 Å². The van der Waals surface area contributed by atoms with Crippen LogP contribution in [-0.4, -0.2) is 14.3 Å². The van der Waals surface area contributed by atoms with Crippen LogP contribution in [0.25, 0.3) is 0 Å². The summed E-state index contributed by atoms with van der Waals surface area (Å²) in [5, 5.41) is 3.26. The van der Waals surface area contributed by atoms with Gasteiger partial charge in [0.15, 0.2) is 0 Å². The summed E-state index contributed by atoms with van der Waals surface area (Å²) in [5.74, 6) is -0.306. The molecule has 0 unspecified atom stereocenters. The van der Waals surface area contributed by atoms with E-state index in [9.17, 15) is 13.2 Å². The molecule has 8 heteroatoms. The lowest BCUT2D eigenvalue weighted by atomic mass is 10.2. The van der Waals surface area contributed by atoms with Gasteiger partial charge >= 0.3 is 0 Å². The fraction of sp³-hybridized carbons (Fsp3) is 0. The van der Waals surface area contributed by atoms with Crippen molar-refractivity contribution >= 4 is 61.5 Å². The predicted octanol–water partition coefficient (Wildman–Crippen LogP) is 5.00. The van der Waals surface area contributed by atoms with Gasteiger partial charge in [0.25, 0.3) is 15.9 Å². The molecule has 138 valence electrons. The van der Waals surface area contributed by atoms with Gasteiger partial charge in [0.1, 0.15) is 0 Å². The number of benzene rings is 3.